The number of rotatable bonds is 4. The molecule has 2 unspecified atom stereocenters. The maximum absolute atomic E-state index is 4.62. The molecule has 1 N–H and O–H groups in total. The highest BCUT2D eigenvalue weighted by atomic mass is 32.2. The largest absolute Gasteiger partial charge is 0.308 e. The molecule has 0 bridgehead atoms. The van der Waals surface area contributed by atoms with Crippen molar-refractivity contribution >= 4 is 23.1 Å². The van der Waals surface area contributed by atoms with Gasteiger partial charge in [-0.25, -0.2) is 4.98 Å². The quantitative estimate of drug-likeness (QED) is 0.879. The first-order valence-electron chi connectivity index (χ1n) is 5.54. The maximum atomic E-state index is 4.62. The van der Waals surface area contributed by atoms with Crippen molar-refractivity contribution in [1.29, 1.82) is 0 Å². The first-order chi connectivity index (χ1) is 7.31. The van der Waals surface area contributed by atoms with E-state index in [1.807, 2.05) is 0 Å². The summed E-state index contributed by atoms with van der Waals surface area (Å²) in [5.41, 5.74) is 1.16. The molecular weight excluding hydrogens is 224 g/mol. The Hall–Kier alpha value is -0.0600. The van der Waals surface area contributed by atoms with Crippen LogP contribution in [0.4, 0.5) is 0 Å². The van der Waals surface area contributed by atoms with E-state index in [2.05, 4.69) is 41.3 Å². The minimum Gasteiger partial charge on any atom is -0.308 e. The van der Waals surface area contributed by atoms with Crippen molar-refractivity contribution in [3.05, 3.63) is 16.1 Å². The zero-order valence-corrected chi connectivity index (χ0v) is 11.0. The molecule has 1 aliphatic heterocycles. The lowest BCUT2D eigenvalue weighted by Crippen LogP contribution is -2.28. The van der Waals surface area contributed by atoms with Crippen LogP contribution in [-0.2, 0) is 0 Å². The molecule has 0 spiro atoms. The molecule has 2 rings (SSSR count). The van der Waals surface area contributed by atoms with E-state index in [-0.39, 0.29) is 0 Å². The van der Waals surface area contributed by atoms with E-state index < -0.39 is 0 Å². The van der Waals surface area contributed by atoms with E-state index >= 15 is 0 Å². The van der Waals surface area contributed by atoms with Crippen LogP contribution in [0.2, 0.25) is 0 Å². The Morgan fingerprint density at radius 1 is 1.67 bits per heavy atom. The highest BCUT2D eigenvalue weighted by molar-refractivity contribution is 7.99. The van der Waals surface area contributed by atoms with Crippen LogP contribution in [0.3, 0.4) is 0 Å². The Labute approximate surface area is 99.9 Å². The van der Waals surface area contributed by atoms with Gasteiger partial charge in [0.25, 0.3) is 0 Å². The van der Waals surface area contributed by atoms with Gasteiger partial charge in [-0.1, -0.05) is 6.92 Å². The third kappa shape index (κ3) is 2.74. The second kappa shape index (κ2) is 5.32. The molecule has 2 nitrogen and oxygen atoms in total. The fourth-order valence-electron chi connectivity index (χ4n) is 2.01. The lowest BCUT2D eigenvalue weighted by molar-refractivity contribution is 0.400. The third-order valence-electron chi connectivity index (χ3n) is 2.76. The summed E-state index contributed by atoms with van der Waals surface area (Å²) < 4.78 is 0. The van der Waals surface area contributed by atoms with Gasteiger partial charge in [0.15, 0.2) is 0 Å². The maximum Gasteiger partial charge on any atom is 0.110 e. The summed E-state index contributed by atoms with van der Waals surface area (Å²) in [4.78, 5) is 4.62. The highest BCUT2D eigenvalue weighted by Gasteiger charge is 2.27. The van der Waals surface area contributed by atoms with Crippen molar-refractivity contribution in [3.63, 3.8) is 0 Å². The average Bonchev–Trinajstić information content (AvgIpc) is 2.85. The van der Waals surface area contributed by atoms with Crippen LogP contribution in [0.25, 0.3) is 0 Å². The normalized spacial score (nSPS) is 23.2. The number of aromatic nitrogens is 1. The molecule has 2 heterocycles. The lowest BCUT2D eigenvalue weighted by Gasteiger charge is -2.21. The number of thiazole rings is 1. The summed E-state index contributed by atoms with van der Waals surface area (Å²) in [6.45, 7) is 5.28. The molecule has 1 saturated heterocycles. The highest BCUT2D eigenvalue weighted by Crippen LogP contribution is 2.35. The predicted molar refractivity (Wildman–Crippen MR) is 68.7 cm³/mol. The van der Waals surface area contributed by atoms with Gasteiger partial charge in [-0.05, 0) is 37.3 Å². The Bertz CT molecular complexity index is 305. The number of nitrogens with zero attached hydrogens (tertiary/aromatic N) is 1. The van der Waals surface area contributed by atoms with Gasteiger partial charge in [0.2, 0.25) is 0 Å². The van der Waals surface area contributed by atoms with E-state index in [0.717, 1.165) is 18.2 Å². The minimum absolute atomic E-state index is 0.490. The van der Waals surface area contributed by atoms with E-state index in [9.17, 15) is 0 Å². The monoisotopic (exact) mass is 242 g/mol. The smallest absolute Gasteiger partial charge is 0.110 e. The Kier molecular flexibility index (Phi) is 4.05. The third-order valence-corrected chi connectivity index (χ3v) is 5.00. The SMILES string of the molecule is CCNC(c1nc(C)cs1)C1CCSC1. The minimum atomic E-state index is 0.490. The molecule has 0 saturated carbocycles. The first-order valence-corrected chi connectivity index (χ1v) is 7.58. The topological polar surface area (TPSA) is 24.9 Å². The zero-order valence-electron chi connectivity index (χ0n) is 9.32. The van der Waals surface area contributed by atoms with Crippen molar-refractivity contribution in [2.45, 2.75) is 26.3 Å². The van der Waals surface area contributed by atoms with Gasteiger partial charge in [-0.2, -0.15) is 11.8 Å². The van der Waals surface area contributed by atoms with E-state index in [1.165, 1.54) is 22.9 Å². The van der Waals surface area contributed by atoms with Gasteiger partial charge in [-0.3, -0.25) is 0 Å². The molecule has 0 radical (unpaired) electrons. The van der Waals surface area contributed by atoms with Crippen LogP contribution in [0.1, 0.15) is 30.1 Å². The van der Waals surface area contributed by atoms with Crippen molar-refractivity contribution in [3.8, 4) is 0 Å². The fourth-order valence-corrected chi connectivity index (χ4v) is 4.27. The van der Waals surface area contributed by atoms with Crippen LogP contribution >= 0.6 is 23.1 Å². The van der Waals surface area contributed by atoms with Crippen LogP contribution in [0.5, 0.6) is 0 Å². The van der Waals surface area contributed by atoms with Crippen LogP contribution in [0.15, 0.2) is 5.38 Å². The predicted octanol–water partition coefficient (Wildman–Crippen LogP) is 2.86. The number of nitrogens with one attached hydrogen (secondary N) is 1. The molecule has 15 heavy (non-hydrogen) atoms. The molecule has 84 valence electrons. The summed E-state index contributed by atoms with van der Waals surface area (Å²) in [5, 5.41) is 7.02. The average molecular weight is 242 g/mol. The van der Waals surface area contributed by atoms with E-state index in [0.29, 0.717) is 6.04 Å². The van der Waals surface area contributed by atoms with Gasteiger partial charge in [0, 0.05) is 11.1 Å². The van der Waals surface area contributed by atoms with Crippen molar-refractivity contribution in [2.75, 3.05) is 18.1 Å². The summed E-state index contributed by atoms with van der Waals surface area (Å²) >= 11 is 3.88. The molecule has 1 aromatic rings. The number of thioether (sulfide) groups is 1. The summed E-state index contributed by atoms with van der Waals surface area (Å²) in [6.07, 6.45) is 1.33. The van der Waals surface area contributed by atoms with Crippen molar-refractivity contribution in [2.24, 2.45) is 5.92 Å². The zero-order chi connectivity index (χ0) is 10.7. The molecule has 1 aliphatic rings. The van der Waals surface area contributed by atoms with Crippen LogP contribution in [0, 0.1) is 12.8 Å². The van der Waals surface area contributed by atoms with Gasteiger partial charge < -0.3 is 5.32 Å². The summed E-state index contributed by atoms with van der Waals surface area (Å²) in [5.74, 6) is 3.38. The standard InChI is InChI=1S/C11H18N2S2/c1-3-12-10(9-4-5-14-7-9)11-13-8(2)6-15-11/h6,9-10,12H,3-5,7H2,1-2H3. The Balaban J connectivity index is 2.11. The Morgan fingerprint density at radius 3 is 3.07 bits per heavy atom. The van der Waals surface area contributed by atoms with Crippen molar-refractivity contribution < 1.29 is 0 Å². The number of hydrogen-bond donors (Lipinski definition) is 1. The first kappa shape index (κ1) is 11.4. The van der Waals surface area contributed by atoms with Gasteiger partial charge in [0.1, 0.15) is 5.01 Å². The lowest BCUT2D eigenvalue weighted by atomic mass is 10.00. The molecule has 0 aliphatic carbocycles. The van der Waals surface area contributed by atoms with E-state index in [1.54, 1.807) is 11.3 Å². The van der Waals surface area contributed by atoms with Crippen molar-refractivity contribution in [1.82, 2.24) is 10.3 Å². The summed E-state index contributed by atoms with van der Waals surface area (Å²) in [7, 11) is 0. The van der Waals surface area contributed by atoms with Gasteiger partial charge >= 0.3 is 0 Å². The number of aryl methyl sites for hydroxylation is 1. The summed E-state index contributed by atoms with van der Waals surface area (Å²) in [6, 6.07) is 0.490. The number of hydrogen-bond acceptors (Lipinski definition) is 4. The van der Waals surface area contributed by atoms with Crippen LogP contribution < -0.4 is 5.32 Å². The molecule has 0 amide bonds. The molecule has 4 heteroatoms. The second-order valence-electron chi connectivity index (χ2n) is 3.99. The molecule has 1 aromatic heterocycles. The molecule has 0 aromatic carbocycles. The molecular formula is C11H18N2S2. The second-order valence-corrected chi connectivity index (χ2v) is 6.03. The molecule has 2 atom stereocenters. The van der Waals surface area contributed by atoms with E-state index in [4.69, 9.17) is 0 Å². The van der Waals surface area contributed by atoms with Gasteiger partial charge in [-0.15, -0.1) is 11.3 Å². The van der Waals surface area contributed by atoms with Gasteiger partial charge in [0.05, 0.1) is 6.04 Å². The van der Waals surface area contributed by atoms with Crippen LogP contribution in [-0.4, -0.2) is 23.0 Å². The molecule has 1 fully saturated rings. The Morgan fingerprint density at radius 2 is 2.53 bits per heavy atom. The fraction of sp³-hybridized carbons (Fsp3) is 0.727.